The third-order valence-corrected chi connectivity index (χ3v) is 3.83. The number of carbonyl (C=O) groups is 4. The van der Waals surface area contributed by atoms with E-state index in [2.05, 4.69) is 4.31 Å². The Kier molecular flexibility index (Phi) is 33.8. The second-order valence-corrected chi connectivity index (χ2v) is 6.90. The van der Waals surface area contributed by atoms with Gasteiger partial charge in [0.2, 0.25) is 0 Å². The third kappa shape index (κ3) is 34.3. The Hall–Kier alpha value is 2.10. The van der Waals surface area contributed by atoms with Gasteiger partial charge in [-0.2, -0.15) is 0 Å². The molecule has 0 spiro atoms. The van der Waals surface area contributed by atoms with E-state index in [4.69, 9.17) is 20.4 Å². The zero-order chi connectivity index (χ0) is 22.0. The summed E-state index contributed by atoms with van der Waals surface area (Å²) >= 11 is 0. The summed E-state index contributed by atoms with van der Waals surface area (Å²) in [5.41, 5.74) is 0. The van der Waals surface area contributed by atoms with Gasteiger partial charge in [0.15, 0.2) is 0 Å². The molecule has 0 aliphatic carbocycles. The van der Waals surface area contributed by atoms with Crippen LogP contribution >= 0.6 is 15.6 Å². The molecule has 0 amide bonds. The SMILES string of the molecule is O=C(O)CCC(C(=O)O)N(CC(=O)O)CC(=O)O.O=P([O-])([O-])OP(=O)([O-])[O-].[Na+].[Na+].[Na+].[Na+]. The van der Waals surface area contributed by atoms with E-state index in [1.807, 2.05) is 0 Å². The van der Waals surface area contributed by atoms with Crippen LogP contribution in [0.2, 0.25) is 0 Å². The maximum Gasteiger partial charge on any atom is 1.00 e. The van der Waals surface area contributed by atoms with Gasteiger partial charge in [0.25, 0.3) is 0 Å². The number of carboxylic acids is 4. The quantitative estimate of drug-likeness (QED) is 0.143. The van der Waals surface area contributed by atoms with Crippen LogP contribution in [0.15, 0.2) is 0 Å². The van der Waals surface area contributed by atoms with Crippen LogP contribution in [0, 0.1) is 0 Å². The second kappa shape index (κ2) is 22.6. The molecule has 0 aliphatic rings. The largest absolute Gasteiger partial charge is 1.00 e. The molecule has 158 valence electrons. The molecule has 22 heteroatoms. The molecule has 0 aromatic rings. The van der Waals surface area contributed by atoms with Crippen LogP contribution in [-0.2, 0) is 32.6 Å². The van der Waals surface area contributed by atoms with E-state index in [-0.39, 0.29) is 125 Å². The van der Waals surface area contributed by atoms with E-state index < -0.39 is 65.1 Å². The first kappa shape index (κ1) is 46.4. The van der Waals surface area contributed by atoms with Gasteiger partial charge in [-0.25, -0.2) is 0 Å². The van der Waals surface area contributed by atoms with Gasteiger partial charge in [-0.1, -0.05) is 0 Å². The predicted molar refractivity (Wildman–Crippen MR) is 71.4 cm³/mol. The Balaban J connectivity index is -0.000000104. The van der Waals surface area contributed by atoms with Crippen molar-refractivity contribution in [2.45, 2.75) is 18.9 Å². The summed E-state index contributed by atoms with van der Waals surface area (Å²) in [5.74, 6) is -5.48. The van der Waals surface area contributed by atoms with Crippen LogP contribution in [0.3, 0.4) is 0 Å². The number of carboxylic acid groups (broad SMARTS) is 4. The first-order valence-electron chi connectivity index (χ1n) is 6.32. The molecule has 0 fully saturated rings. The maximum atomic E-state index is 10.9. The van der Waals surface area contributed by atoms with Crippen LogP contribution in [0.4, 0.5) is 0 Å². The molecule has 0 saturated carbocycles. The zero-order valence-electron chi connectivity index (χ0n) is 17.0. The number of phosphoric acid groups is 2. The molecule has 16 nitrogen and oxygen atoms in total. The topological polar surface area (TPSA) is 288 Å². The van der Waals surface area contributed by atoms with Crippen molar-refractivity contribution >= 4 is 39.5 Å². The molecule has 0 aromatic heterocycles. The van der Waals surface area contributed by atoms with Gasteiger partial charge >= 0.3 is 142 Å². The molecule has 1 unspecified atom stereocenters. The van der Waals surface area contributed by atoms with E-state index >= 15 is 0 Å². The van der Waals surface area contributed by atoms with Gasteiger partial charge in [-0.05, 0) is 6.42 Å². The summed E-state index contributed by atoms with van der Waals surface area (Å²) < 4.78 is 21.2. The summed E-state index contributed by atoms with van der Waals surface area (Å²) in [6, 6.07) is -1.46. The van der Waals surface area contributed by atoms with Crippen molar-refractivity contribution in [2.75, 3.05) is 13.1 Å². The monoisotopic (exact) mass is 529 g/mol. The number of nitrogens with zero attached hydrogens (tertiary/aromatic N) is 1. The van der Waals surface area contributed by atoms with E-state index in [1.54, 1.807) is 0 Å². The number of hydrogen-bond acceptors (Lipinski definition) is 12. The van der Waals surface area contributed by atoms with E-state index in [0.29, 0.717) is 4.90 Å². The Morgan fingerprint density at radius 2 is 1.06 bits per heavy atom. The smallest absolute Gasteiger partial charge is 0.790 e. The number of rotatable bonds is 11. The number of hydrogen-bond donors (Lipinski definition) is 4. The van der Waals surface area contributed by atoms with Crippen molar-refractivity contribution in [1.29, 1.82) is 0 Å². The normalized spacial score (nSPS) is 11.0. The molecule has 0 radical (unpaired) electrons. The molecule has 0 rings (SSSR count). The molecule has 31 heavy (non-hydrogen) atoms. The van der Waals surface area contributed by atoms with Crippen LogP contribution in [0.25, 0.3) is 0 Å². The Bertz CT molecular complexity index is 616. The number of aliphatic carboxylic acids is 4. The van der Waals surface area contributed by atoms with Gasteiger partial charge in [0, 0.05) is 6.42 Å². The van der Waals surface area contributed by atoms with Gasteiger partial charge < -0.3 is 53.4 Å². The van der Waals surface area contributed by atoms with Gasteiger partial charge in [0.1, 0.15) is 6.04 Å². The molecular formula is C9H13NNa4O15P2. The van der Waals surface area contributed by atoms with E-state index in [0.717, 1.165) is 0 Å². The minimum atomic E-state index is -5.68. The summed E-state index contributed by atoms with van der Waals surface area (Å²) in [7, 11) is -11.4. The standard InChI is InChI=1S/C9H13NO8.4Na.H4O7P2/c11-6(12)2-1-5(9(17)18)10(3-7(13)14)4-8(15)16;;;;;1-8(2,3)7-9(4,5)6/h5H,1-4H2,(H,11,12)(H,13,14)(H,15,16)(H,17,18);;;;;(H2,1,2,3)(H2,4,5,6)/q;4*+1;/p-4. The third-order valence-electron chi connectivity index (χ3n) is 2.23. The molecule has 0 aromatic carbocycles. The molecule has 1 atom stereocenters. The first-order valence-corrected chi connectivity index (χ1v) is 9.24. The van der Waals surface area contributed by atoms with Gasteiger partial charge in [-0.3, -0.25) is 24.1 Å². The molecule has 0 saturated heterocycles. The summed E-state index contributed by atoms with van der Waals surface area (Å²) in [6.45, 7) is -1.58. The van der Waals surface area contributed by atoms with Crippen molar-refractivity contribution < 1.29 is 191 Å². The van der Waals surface area contributed by atoms with Crippen LogP contribution in [-0.4, -0.2) is 68.3 Å². The zero-order valence-corrected chi connectivity index (χ0v) is 26.8. The minimum absolute atomic E-state index is 0. The molecule has 0 heterocycles. The maximum absolute atomic E-state index is 10.9. The first-order chi connectivity index (χ1) is 11.9. The van der Waals surface area contributed by atoms with Gasteiger partial charge in [0.05, 0.1) is 28.7 Å². The van der Waals surface area contributed by atoms with Crippen LogP contribution in [0.5, 0.6) is 0 Å². The van der Waals surface area contributed by atoms with Crippen molar-refractivity contribution in [1.82, 2.24) is 4.90 Å². The second-order valence-electron chi connectivity index (χ2n) is 4.45. The summed E-state index contributed by atoms with van der Waals surface area (Å²) in [5, 5.41) is 34.4. The van der Waals surface area contributed by atoms with Crippen LogP contribution < -0.4 is 138 Å². The fourth-order valence-corrected chi connectivity index (χ4v) is 2.45. The van der Waals surface area contributed by atoms with Gasteiger partial charge in [-0.15, -0.1) is 0 Å². The van der Waals surface area contributed by atoms with Crippen molar-refractivity contribution in [3.8, 4) is 0 Å². The average Bonchev–Trinajstić information content (AvgIpc) is 2.32. The Morgan fingerprint density at radius 3 is 1.23 bits per heavy atom. The average molecular weight is 529 g/mol. The summed E-state index contributed by atoms with van der Waals surface area (Å²) in [6.07, 6.45) is -0.863. The molecular weight excluding hydrogens is 516 g/mol. The molecule has 0 bridgehead atoms. The van der Waals surface area contributed by atoms with Crippen LogP contribution in [0.1, 0.15) is 12.8 Å². The minimum Gasteiger partial charge on any atom is -0.790 e. The summed E-state index contributed by atoms with van der Waals surface area (Å²) in [4.78, 5) is 80.3. The molecule has 0 aliphatic heterocycles. The van der Waals surface area contributed by atoms with E-state index in [1.165, 1.54) is 0 Å². The predicted octanol–water partition coefficient (Wildman–Crippen LogP) is -16.5. The fraction of sp³-hybridized carbons (Fsp3) is 0.556. The molecule has 4 N–H and O–H groups in total. The van der Waals surface area contributed by atoms with Crippen molar-refractivity contribution in [2.24, 2.45) is 0 Å². The van der Waals surface area contributed by atoms with Crippen molar-refractivity contribution in [3.63, 3.8) is 0 Å². The van der Waals surface area contributed by atoms with E-state index in [9.17, 15) is 47.9 Å². The fourth-order valence-electron chi connectivity index (χ4n) is 1.47. The Morgan fingerprint density at radius 1 is 0.742 bits per heavy atom. The van der Waals surface area contributed by atoms with Crippen molar-refractivity contribution in [3.05, 3.63) is 0 Å². The Labute approximate surface area is 263 Å².